The topological polar surface area (TPSA) is 35.0 Å². The van der Waals surface area contributed by atoms with Crippen LogP contribution in [0.3, 0.4) is 0 Å². The van der Waals surface area contributed by atoms with Gasteiger partial charge >= 0.3 is 0 Å². The number of thioether (sulfide) groups is 1. The molecule has 0 saturated heterocycles. The van der Waals surface area contributed by atoms with Crippen molar-refractivity contribution in [3.63, 3.8) is 0 Å². The molecule has 0 atom stereocenters. The lowest BCUT2D eigenvalue weighted by atomic mass is 10.0. The van der Waals surface area contributed by atoms with Gasteiger partial charge in [-0.15, -0.1) is 23.1 Å². The van der Waals surface area contributed by atoms with Crippen LogP contribution in [0.2, 0.25) is 0 Å². The molecule has 3 rings (SSSR count). The fourth-order valence-electron chi connectivity index (χ4n) is 2.56. The van der Waals surface area contributed by atoms with Crippen LogP contribution in [0.1, 0.15) is 17.4 Å². The summed E-state index contributed by atoms with van der Waals surface area (Å²) in [5.74, 6) is 0.896. The van der Waals surface area contributed by atoms with E-state index in [1.807, 2.05) is 0 Å². The van der Waals surface area contributed by atoms with E-state index in [0.29, 0.717) is 0 Å². The van der Waals surface area contributed by atoms with Crippen LogP contribution in [0.5, 0.6) is 0 Å². The molecule has 2 heterocycles. The Bertz CT molecular complexity index is 797. The summed E-state index contributed by atoms with van der Waals surface area (Å²) in [6.45, 7) is 5.04. The zero-order valence-electron chi connectivity index (χ0n) is 13.6. The molecule has 0 amide bonds. The number of aryl methyl sites for hydroxylation is 2. The second-order valence-electron chi connectivity index (χ2n) is 5.32. The Hall–Kier alpha value is -1.43. The van der Waals surface area contributed by atoms with E-state index in [-0.39, 0.29) is 0 Å². The first-order valence-corrected chi connectivity index (χ1v) is 9.50. The maximum absolute atomic E-state index is 5.17. The van der Waals surface area contributed by atoms with E-state index in [1.54, 1.807) is 36.5 Å². The number of hydrogen-bond donors (Lipinski definition) is 0. The standard InChI is InChI=1S/C18H20N2OS2/c1-4-14-15(13-7-5-12(2)6-8-13)16-17(22-10-9-21-3)19-11-20-18(16)23-14/h5-8,11H,4,9-10H2,1-3H3. The van der Waals surface area contributed by atoms with Gasteiger partial charge in [-0.1, -0.05) is 36.8 Å². The van der Waals surface area contributed by atoms with Gasteiger partial charge in [0.05, 0.1) is 12.0 Å². The van der Waals surface area contributed by atoms with Gasteiger partial charge in [-0.05, 0) is 18.9 Å². The third-order valence-corrected chi connectivity index (χ3v) is 5.91. The quantitative estimate of drug-likeness (QED) is 0.359. The lowest BCUT2D eigenvalue weighted by molar-refractivity contribution is 0.218. The normalized spacial score (nSPS) is 11.3. The van der Waals surface area contributed by atoms with E-state index in [9.17, 15) is 0 Å². The number of fused-ring (bicyclic) bond motifs is 1. The third-order valence-electron chi connectivity index (χ3n) is 3.71. The summed E-state index contributed by atoms with van der Waals surface area (Å²) >= 11 is 3.52. The molecule has 0 spiro atoms. The third kappa shape index (κ3) is 3.42. The molecule has 3 nitrogen and oxygen atoms in total. The van der Waals surface area contributed by atoms with Crippen molar-refractivity contribution in [3.05, 3.63) is 41.0 Å². The molecule has 0 aliphatic carbocycles. The Morgan fingerprint density at radius 2 is 1.96 bits per heavy atom. The summed E-state index contributed by atoms with van der Waals surface area (Å²) in [4.78, 5) is 11.5. The lowest BCUT2D eigenvalue weighted by Gasteiger charge is -2.07. The van der Waals surface area contributed by atoms with Crippen LogP contribution in [0, 0.1) is 6.92 Å². The first kappa shape index (κ1) is 16.4. The molecule has 5 heteroatoms. The van der Waals surface area contributed by atoms with Crippen molar-refractivity contribution in [2.24, 2.45) is 0 Å². The van der Waals surface area contributed by atoms with Crippen molar-refractivity contribution in [3.8, 4) is 11.1 Å². The largest absolute Gasteiger partial charge is 0.384 e. The molecule has 0 aliphatic heterocycles. The highest BCUT2D eigenvalue weighted by Crippen LogP contribution is 2.41. The van der Waals surface area contributed by atoms with E-state index in [4.69, 9.17) is 4.74 Å². The first-order chi connectivity index (χ1) is 11.2. The summed E-state index contributed by atoms with van der Waals surface area (Å²) < 4.78 is 5.17. The van der Waals surface area contributed by atoms with Gasteiger partial charge in [0.2, 0.25) is 0 Å². The number of rotatable bonds is 6. The van der Waals surface area contributed by atoms with Crippen LogP contribution in [0.15, 0.2) is 35.6 Å². The molecule has 0 aliphatic rings. The van der Waals surface area contributed by atoms with Crippen LogP contribution in [0.25, 0.3) is 21.3 Å². The Balaban J connectivity index is 2.15. The van der Waals surface area contributed by atoms with Gasteiger partial charge in [-0.25, -0.2) is 9.97 Å². The van der Waals surface area contributed by atoms with E-state index >= 15 is 0 Å². The Morgan fingerprint density at radius 1 is 1.17 bits per heavy atom. The van der Waals surface area contributed by atoms with E-state index in [0.717, 1.165) is 28.6 Å². The van der Waals surface area contributed by atoms with Crippen molar-refractivity contribution in [2.75, 3.05) is 19.5 Å². The van der Waals surface area contributed by atoms with Crippen molar-refractivity contribution < 1.29 is 4.74 Å². The highest BCUT2D eigenvalue weighted by Gasteiger charge is 2.18. The van der Waals surface area contributed by atoms with Crippen LogP contribution < -0.4 is 0 Å². The van der Waals surface area contributed by atoms with Crippen molar-refractivity contribution in [1.82, 2.24) is 9.97 Å². The fraction of sp³-hybridized carbons (Fsp3) is 0.333. The molecule has 120 valence electrons. The molecule has 0 radical (unpaired) electrons. The number of nitrogens with zero attached hydrogens (tertiary/aromatic N) is 2. The second kappa shape index (κ2) is 7.43. The number of benzene rings is 1. The predicted octanol–water partition coefficient (Wildman–Crippen LogP) is 4.97. The van der Waals surface area contributed by atoms with Gasteiger partial charge in [0.1, 0.15) is 16.2 Å². The molecule has 2 aromatic heterocycles. The van der Waals surface area contributed by atoms with Gasteiger partial charge < -0.3 is 4.74 Å². The monoisotopic (exact) mass is 344 g/mol. The average Bonchev–Trinajstić information content (AvgIpc) is 2.95. The van der Waals surface area contributed by atoms with Gasteiger partial charge in [0, 0.05) is 23.3 Å². The zero-order chi connectivity index (χ0) is 16.2. The molecule has 23 heavy (non-hydrogen) atoms. The van der Waals surface area contributed by atoms with E-state index < -0.39 is 0 Å². The maximum atomic E-state index is 5.17. The van der Waals surface area contributed by atoms with Gasteiger partial charge in [-0.3, -0.25) is 0 Å². The molecular formula is C18H20N2OS2. The molecule has 0 fully saturated rings. The lowest BCUT2D eigenvalue weighted by Crippen LogP contribution is -1.93. The van der Waals surface area contributed by atoms with Crippen molar-refractivity contribution in [1.29, 1.82) is 0 Å². The molecule has 1 aromatic carbocycles. The summed E-state index contributed by atoms with van der Waals surface area (Å²) in [5.41, 5.74) is 3.83. The number of thiophene rings is 1. The zero-order valence-corrected chi connectivity index (χ0v) is 15.3. The SMILES string of the molecule is CCc1sc2ncnc(SCCOC)c2c1-c1ccc(C)cc1. The molecule has 3 aromatic rings. The minimum atomic E-state index is 0.723. The minimum absolute atomic E-state index is 0.723. The first-order valence-electron chi connectivity index (χ1n) is 7.69. The average molecular weight is 345 g/mol. The summed E-state index contributed by atoms with van der Waals surface area (Å²) in [5, 5.41) is 2.25. The molecule has 0 N–H and O–H groups in total. The Kier molecular flexibility index (Phi) is 5.30. The smallest absolute Gasteiger partial charge is 0.128 e. The van der Waals surface area contributed by atoms with Crippen LogP contribution >= 0.6 is 23.1 Å². The van der Waals surface area contributed by atoms with Gasteiger partial charge in [0.25, 0.3) is 0 Å². The van der Waals surface area contributed by atoms with Crippen LogP contribution in [-0.4, -0.2) is 29.4 Å². The van der Waals surface area contributed by atoms with Gasteiger partial charge in [-0.2, -0.15) is 0 Å². The second-order valence-corrected chi connectivity index (χ2v) is 7.49. The minimum Gasteiger partial charge on any atom is -0.384 e. The molecular weight excluding hydrogens is 324 g/mol. The maximum Gasteiger partial charge on any atom is 0.128 e. The predicted molar refractivity (Wildman–Crippen MR) is 99.6 cm³/mol. The number of hydrogen-bond acceptors (Lipinski definition) is 5. The fourth-order valence-corrected chi connectivity index (χ4v) is 4.63. The van der Waals surface area contributed by atoms with Crippen LogP contribution in [0.4, 0.5) is 0 Å². The summed E-state index contributed by atoms with van der Waals surface area (Å²) in [6.07, 6.45) is 2.68. The number of aromatic nitrogens is 2. The number of methoxy groups -OCH3 is 1. The molecule has 0 unspecified atom stereocenters. The molecule has 0 bridgehead atoms. The van der Waals surface area contributed by atoms with Crippen molar-refractivity contribution in [2.45, 2.75) is 25.3 Å². The van der Waals surface area contributed by atoms with E-state index in [1.165, 1.54) is 27.0 Å². The van der Waals surface area contributed by atoms with Crippen molar-refractivity contribution >= 4 is 33.3 Å². The summed E-state index contributed by atoms with van der Waals surface area (Å²) in [6, 6.07) is 8.73. The highest BCUT2D eigenvalue weighted by molar-refractivity contribution is 7.99. The highest BCUT2D eigenvalue weighted by atomic mass is 32.2. The molecule has 0 saturated carbocycles. The summed E-state index contributed by atoms with van der Waals surface area (Å²) in [7, 11) is 1.73. The van der Waals surface area contributed by atoms with Gasteiger partial charge in [0.15, 0.2) is 0 Å². The number of ether oxygens (including phenoxy) is 1. The Labute approximate surface area is 145 Å². The van der Waals surface area contributed by atoms with Crippen LogP contribution in [-0.2, 0) is 11.2 Å². The Morgan fingerprint density at radius 3 is 2.65 bits per heavy atom. The van der Waals surface area contributed by atoms with E-state index in [2.05, 4.69) is 48.1 Å².